The molecule has 0 aliphatic carbocycles. The predicted octanol–water partition coefficient (Wildman–Crippen LogP) is 3.92. The molecule has 0 rings (SSSR count). The molecular weight excluding hydrogens is 278 g/mol. The highest BCUT2D eigenvalue weighted by Crippen LogP contribution is 2.09. The maximum atomic E-state index is 11.1. The first-order chi connectivity index (χ1) is 10.5. The maximum Gasteiger partial charge on any atom is 0.303 e. The second-order valence-corrected chi connectivity index (χ2v) is 5.63. The third-order valence-electron chi connectivity index (χ3n) is 3.33. The Hall–Kier alpha value is -1.58. The molecule has 0 heterocycles. The summed E-state index contributed by atoms with van der Waals surface area (Å²) in [6, 6.07) is -0.225. The van der Waals surface area contributed by atoms with E-state index in [1.54, 1.807) is 0 Å². The average Bonchev–Trinajstić information content (AvgIpc) is 2.43. The van der Waals surface area contributed by atoms with Crippen LogP contribution in [0.4, 0.5) is 0 Å². The Balaban J connectivity index is 4.01. The molecule has 4 heteroatoms. The third kappa shape index (κ3) is 12.2. The largest absolute Gasteiger partial charge is 0.456 e. The van der Waals surface area contributed by atoms with Gasteiger partial charge in [0.25, 0.3) is 0 Å². The van der Waals surface area contributed by atoms with Crippen LogP contribution >= 0.6 is 0 Å². The van der Waals surface area contributed by atoms with Gasteiger partial charge in [0.15, 0.2) is 0 Å². The fourth-order valence-corrected chi connectivity index (χ4v) is 2.21. The van der Waals surface area contributed by atoms with Gasteiger partial charge in [0.1, 0.15) is 6.10 Å². The molecule has 0 spiro atoms. The van der Waals surface area contributed by atoms with E-state index in [-0.39, 0.29) is 17.9 Å². The van der Waals surface area contributed by atoms with Crippen LogP contribution < -0.4 is 5.32 Å². The lowest BCUT2D eigenvalue weighted by atomic mass is 10.1. The van der Waals surface area contributed by atoms with Gasteiger partial charge in [0.05, 0.1) is 6.04 Å². The van der Waals surface area contributed by atoms with Crippen molar-refractivity contribution >= 4 is 11.9 Å². The summed E-state index contributed by atoms with van der Waals surface area (Å²) < 4.78 is 5.24. The summed E-state index contributed by atoms with van der Waals surface area (Å²) in [6.45, 7) is 8.38. The minimum Gasteiger partial charge on any atom is -0.456 e. The Bertz CT molecular complexity index is 363. The number of amides is 1. The molecule has 126 valence electrons. The second kappa shape index (κ2) is 13.1. The molecule has 0 aliphatic heterocycles. The molecule has 22 heavy (non-hydrogen) atoms. The van der Waals surface area contributed by atoms with Crippen LogP contribution in [0, 0.1) is 0 Å². The maximum absolute atomic E-state index is 11.1. The topological polar surface area (TPSA) is 55.4 Å². The zero-order chi connectivity index (χ0) is 16.8. The van der Waals surface area contributed by atoms with Crippen LogP contribution in [-0.2, 0) is 14.3 Å². The molecule has 0 saturated heterocycles. The van der Waals surface area contributed by atoms with E-state index in [0.717, 1.165) is 19.3 Å². The molecule has 4 nitrogen and oxygen atoms in total. The number of unbranched alkanes of at least 4 members (excludes halogenated alkanes) is 6. The number of rotatable bonds is 12. The van der Waals surface area contributed by atoms with Gasteiger partial charge in [-0.2, -0.15) is 0 Å². The van der Waals surface area contributed by atoms with Crippen molar-refractivity contribution in [1.82, 2.24) is 5.32 Å². The molecule has 1 N–H and O–H groups in total. The predicted molar refractivity (Wildman–Crippen MR) is 90.5 cm³/mol. The molecule has 0 fully saturated rings. The first-order valence-electron chi connectivity index (χ1n) is 8.19. The van der Waals surface area contributed by atoms with Crippen molar-refractivity contribution in [2.75, 3.05) is 0 Å². The molecule has 0 aromatic carbocycles. The van der Waals surface area contributed by atoms with E-state index < -0.39 is 6.10 Å². The zero-order valence-corrected chi connectivity index (χ0v) is 14.3. The number of nitrogens with one attached hydrogen (secondary N) is 1. The summed E-state index contributed by atoms with van der Waals surface area (Å²) in [5.41, 5.74) is 0. The van der Waals surface area contributed by atoms with Gasteiger partial charge in [0, 0.05) is 13.8 Å². The number of hydrogen-bond donors (Lipinski definition) is 1. The van der Waals surface area contributed by atoms with E-state index in [9.17, 15) is 9.59 Å². The van der Waals surface area contributed by atoms with E-state index in [0.29, 0.717) is 0 Å². The van der Waals surface area contributed by atoms with Crippen molar-refractivity contribution in [1.29, 1.82) is 0 Å². The molecule has 0 aliphatic rings. The van der Waals surface area contributed by atoms with Crippen molar-refractivity contribution in [3.63, 3.8) is 0 Å². The smallest absolute Gasteiger partial charge is 0.303 e. The van der Waals surface area contributed by atoms with E-state index in [2.05, 4.69) is 11.9 Å². The third-order valence-corrected chi connectivity index (χ3v) is 3.33. The quantitative estimate of drug-likeness (QED) is 0.338. The standard InChI is InChI=1S/C18H31NO3/c1-5-6-7-8-9-10-11-12-13-14-18(22-17(4)21)15(2)19-16(3)20/h5,13-15,18H,1,6-12H2,2-4H3,(H,19,20)/b14-13+/t15-,18+/m1/s1. The highest BCUT2D eigenvalue weighted by Gasteiger charge is 2.17. The highest BCUT2D eigenvalue weighted by atomic mass is 16.5. The summed E-state index contributed by atoms with van der Waals surface area (Å²) in [4.78, 5) is 22.2. The minimum absolute atomic E-state index is 0.127. The molecule has 0 aromatic rings. The average molecular weight is 309 g/mol. The molecule has 0 radical (unpaired) electrons. The van der Waals surface area contributed by atoms with Gasteiger partial charge >= 0.3 is 5.97 Å². The summed E-state index contributed by atoms with van der Waals surface area (Å²) in [5, 5.41) is 2.75. The van der Waals surface area contributed by atoms with Crippen molar-refractivity contribution in [2.24, 2.45) is 0 Å². The lowest BCUT2D eigenvalue weighted by Crippen LogP contribution is -2.41. The molecule has 0 aromatic heterocycles. The molecule has 1 amide bonds. The van der Waals surface area contributed by atoms with E-state index in [1.165, 1.54) is 39.5 Å². The summed E-state index contributed by atoms with van der Waals surface area (Å²) in [6.07, 6.45) is 13.6. The van der Waals surface area contributed by atoms with Crippen molar-refractivity contribution in [3.8, 4) is 0 Å². The molecule has 0 bridgehead atoms. The first kappa shape index (κ1) is 20.4. The lowest BCUT2D eigenvalue weighted by Gasteiger charge is -2.21. The van der Waals surface area contributed by atoms with E-state index >= 15 is 0 Å². The number of esters is 1. The van der Waals surface area contributed by atoms with Gasteiger partial charge < -0.3 is 10.1 Å². The normalized spacial score (nSPS) is 13.6. The summed E-state index contributed by atoms with van der Waals surface area (Å²) in [7, 11) is 0. The van der Waals surface area contributed by atoms with Gasteiger partial charge in [-0.3, -0.25) is 9.59 Å². The van der Waals surface area contributed by atoms with E-state index in [4.69, 9.17) is 4.74 Å². The van der Waals surface area contributed by atoms with Crippen LogP contribution in [0.1, 0.15) is 65.7 Å². The molecule has 2 atom stereocenters. The first-order valence-corrected chi connectivity index (χ1v) is 8.19. The zero-order valence-electron chi connectivity index (χ0n) is 14.3. The minimum atomic E-state index is -0.408. The lowest BCUT2D eigenvalue weighted by molar-refractivity contribution is -0.145. The van der Waals surface area contributed by atoms with Crippen LogP contribution in [0.5, 0.6) is 0 Å². The fourth-order valence-electron chi connectivity index (χ4n) is 2.21. The Morgan fingerprint density at radius 2 is 1.68 bits per heavy atom. The second-order valence-electron chi connectivity index (χ2n) is 5.63. The Morgan fingerprint density at radius 3 is 2.23 bits per heavy atom. The number of carbonyl (C=O) groups excluding carboxylic acids is 2. The van der Waals surface area contributed by atoms with Gasteiger partial charge in [-0.1, -0.05) is 31.4 Å². The number of allylic oxidation sites excluding steroid dienone is 2. The molecule has 0 unspecified atom stereocenters. The van der Waals surface area contributed by atoms with Gasteiger partial charge in [-0.25, -0.2) is 0 Å². The number of carbonyl (C=O) groups is 2. The number of hydrogen-bond acceptors (Lipinski definition) is 3. The van der Waals surface area contributed by atoms with Crippen LogP contribution in [-0.4, -0.2) is 24.0 Å². The Morgan fingerprint density at radius 1 is 1.09 bits per heavy atom. The highest BCUT2D eigenvalue weighted by molar-refractivity contribution is 5.73. The van der Waals surface area contributed by atoms with Gasteiger partial charge in [0.2, 0.25) is 5.91 Å². The van der Waals surface area contributed by atoms with Crippen LogP contribution in [0.15, 0.2) is 24.8 Å². The summed E-state index contributed by atoms with van der Waals surface area (Å²) in [5.74, 6) is -0.466. The van der Waals surface area contributed by atoms with Crippen LogP contribution in [0.25, 0.3) is 0 Å². The van der Waals surface area contributed by atoms with Crippen LogP contribution in [0.3, 0.4) is 0 Å². The van der Waals surface area contributed by atoms with Crippen LogP contribution in [0.2, 0.25) is 0 Å². The van der Waals surface area contributed by atoms with Crippen molar-refractivity contribution in [2.45, 2.75) is 77.9 Å². The van der Waals surface area contributed by atoms with Crippen molar-refractivity contribution in [3.05, 3.63) is 24.8 Å². The Kier molecular flexibility index (Phi) is 12.2. The van der Waals surface area contributed by atoms with Gasteiger partial charge in [-0.05, 0) is 38.7 Å². The van der Waals surface area contributed by atoms with Crippen molar-refractivity contribution < 1.29 is 14.3 Å². The molecular formula is C18H31NO3. The molecule has 0 saturated carbocycles. The SMILES string of the molecule is C=CCCCCCCC/C=C/[C@H](OC(C)=O)[C@@H](C)NC(C)=O. The van der Waals surface area contributed by atoms with Gasteiger partial charge in [-0.15, -0.1) is 6.58 Å². The number of ether oxygens (including phenoxy) is 1. The Labute approximate surface area is 135 Å². The monoisotopic (exact) mass is 309 g/mol. The summed E-state index contributed by atoms with van der Waals surface area (Å²) >= 11 is 0. The fraction of sp³-hybridized carbons (Fsp3) is 0.667. The van der Waals surface area contributed by atoms with E-state index in [1.807, 2.05) is 25.2 Å².